The number of sulfone groups is 1. The second-order valence-corrected chi connectivity index (χ2v) is 9.82. The van der Waals surface area contributed by atoms with Gasteiger partial charge in [0.15, 0.2) is 15.7 Å². The van der Waals surface area contributed by atoms with Crippen LogP contribution in [0.3, 0.4) is 0 Å². The van der Waals surface area contributed by atoms with Gasteiger partial charge in [0.25, 0.3) is 0 Å². The topological polar surface area (TPSA) is 104 Å². The van der Waals surface area contributed by atoms with Crippen LogP contribution in [0.5, 0.6) is 0 Å². The summed E-state index contributed by atoms with van der Waals surface area (Å²) >= 11 is 0. The van der Waals surface area contributed by atoms with Crippen molar-refractivity contribution in [2.24, 2.45) is 0 Å². The first kappa shape index (κ1) is 19.7. The fourth-order valence-corrected chi connectivity index (χ4v) is 5.67. The van der Waals surface area contributed by atoms with E-state index in [1.54, 1.807) is 4.68 Å². The summed E-state index contributed by atoms with van der Waals surface area (Å²) in [6.45, 7) is 5.80. The highest BCUT2D eigenvalue weighted by molar-refractivity contribution is 7.91. The van der Waals surface area contributed by atoms with Gasteiger partial charge in [0, 0.05) is 23.7 Å². The minimum absolute atomic E-state index is 0.0316. The molecule has 10 heteroatoms. The van der Waals surface area contributed by atoms with E-state index in [0.717, 1.165) is 23.2 Å². The van der Waals surface area contributed by atoms with Crippen molar-refractivity contribution in [1.82, 2.24) is 24.9 Å². The third kappa shape index (κ3) is 3.93. The Hall–Kier alpha value is -2.62. The Morgan fingerprint density at radius 3 is 2.76 bits per heavy atom. The van der Waals surface area contributed by atoms with Crippen LogP contribution >= 0.6 is 0 Å². The molecule has 0 spiro atoms. The largest absolute Gasteiger partial charge is 0.361 e. The van der Waals surface area contributed by atoms with E-state index in [0.29, 0.717) is 30.1 Å². The van der Waals surface area contributed by atoms with E-state index in [9.17, 15) is 12.8 Å². The van der Waals surface area contributed by atoms with Crippen molar-refractivity contribution in [2.75, 3.05) is 11.5 Å². The molecular weight excluding hydrogens is 397 g/mol. The number of pyridine rings is 1. The summed E-state index contributed by atoms with van der Waals surface area (Å²) in [6, 6.07) is 1.04. The SMILES string of the molecule is Cc1noc(C)c1C(C)Cc1nc(-c2cncc(F)c2)nn1C1CCS(=O)(=O)C1. The molecule has 1 saturated heterocycles. The smallest absolute Gasteiger partial charge is 0.183 e. The van der Waals surface area contributed by atoms with Crippen molar-refractivity contribution < 1.29 is 17.3 Å². The van der Waals surface area contributed by atoms with Crippen LogP contribution in [0.2, 0.25) is 0 Å². The molecule has 1 aliphatic rings. The van der Waals surface area contributed by atoms with Gasteiger partial charge >= 0.3 is 0 Å². The van der Waals surface area contributed by atoms with E-state index in [2.05, 4.69) is 20.2 Å². The summed E-state index contributed by atoms with van der Waals surface area (Å²) in [5.74, 6) is 1.46. The number of aromatic nitrogens is 5. The Morgan fingerprint density at radius 2 is 2.14 bits per heavy atom. The van der Waals surface area contributed by atoms with Crippen molar-refractivity contribution in [3.05, 3.63) is 47.1 Å². The molecule has 0 aromatic carbocycles. The number of rotatable bonds is 5. The Bertz CT molecular complexity index is 1140. The van der Waals surface area contributed by atoms with Gasteiger partial charge in [0.1, 0.15) is 17.4 Å². The standard InChI is InChI=1S/C19H22FN5O3S/c1-11(18-12(2)24-28-13(18)3)6-17-22-19(14-7-15(20)9-21-8-14)23-25(17)16-4-5-29(26,27)10-16/h7-9,11,16H,4-6,10H2,1-3H3. The summed E-state index contributed by atoms with van der Waals surface area (Å²) in [6.07, 6.45) is 3.62. The lowest BCUT2D eigenvalue weighted by molar-refractivity contribution is 0.391. The normalized spacial score (nSPS) is 19.5. The highest BCUT2D eigenvalue weighted by Gasteiger charge is 2.32. The van der Waals surface area contributed by atoms with Crippen LogP contribution in [0.1, 0.15) is 48.1 Å². The summed E-state index contributed by atoms with van der Waals surface area (Å²) in [5.41, 5.74) is 2.28. The molecule has 0 N–H and O–H groups in total. The van der Waals surface area contributed by atoms with E-state index in [1.807, 2.05) is 20.8 Å². The third-order valence-electron chi connectivity index (χ3n) is 5.29. The zero-order valence-corrected chi connectivity index (χ0v) is 17.3. The van der Waals surface area contributed by atoms with Gasteiger partial charge in [-0.3, -0.25) is 4.98 Å². The van der Waals surface area contributed by atoms with Gasteiger partial charge in [-0.05, 0) is 32.3 Å². The van der Waals surface area contributed by atoms with Crippen molar-refractivity contribution in [1.29, 1.82) is 0 Å². The fraction of sp³-hybridized carbons (Fsp3) is 0.474. The lowest BCUT2D eigenvalue weighted by atomic mass is 9.96. The molecule has 2 unspecified atom stereocenters. The highest BCUT2D eigenvalue weighted by atomic mass is 32.2. The number of hydrogen-bond donors (Lipinski definition) is 0. The Labute approximate surface area is 168 Å². The molecular formula is C19H22FN5O3S. The average Bonchev–Trinajstić information content (AvgIpc) is 3.32. The van der Waals surface area contributed by atoms with Crippen LogP contribution < -0.4 is 0 Å². The van der Waals surface area contributed by atoms with Crippen molar-refractivity contribution in [2.45, 2.75) is 45.6 Å². The molecule has 4 heterocycles. The molecule has 154 valence electrons. The molecule has 3 aromatic rings. The van der Waals surface area contributed by atoms with Gasteiger partial charge in [0.2, 0.25) is 0 Å². The van der Waals surface area contributed by atoms with E-state index in [4.69, 9.17) is 4.52 Å². The summed E-state index contributed by atoms with van der Waals surface area (Å²) < 4.78 is 44.6. The number of aryl methyl sites for hydroxylation is 2. The second-order valence-electron chi connectivity index (χ2n) is 7.59. The van der Waals surface area contributed by atoms with Crippen LogP contribution in [0.15, 0.2) is 23.0 Å². The van der Waals surface area contributed by atoms with Crippen molar-refractivity contribution >= 4 is 9.84 Å². The van der Waals surface area contributed by atoms with Crippen LogP contribution in [0, 0.1) is 19.7 Å². The fourth-order valence-electron chi connectivity index (χ4n) is 3.98. The summed E-state index contributed by atoms with van der Waals surface area (Å²) in [7, 11) is -3.09. The van der Waals surface area contributed by atoms with Gasteiger partial charge in [-0.1, -0.05) is 12.1 Å². The maximum absolute atomic E-state index is 13.6. The van der Waals surface area contributed by atoms with Gasteiger partial charge in [-0.25, -0.2) is 22.5 Å². The van der Waals surface area contributed by atoms with E-state index < -0.39 is 15.7 Å². The van der Waals surface area contributed by atoms with Crippen LogP contribution in [0.4, 0.5) is 4.39 Å². The van der Waals surface area contributed by atoms with Gasteiger partial charge in [0.05, 0.1) is 29.4 Å². The van der Waals surface area contributed by atoms with Crippen LogP contribution in [-0.4, -0.2) is 44.8 Å². The van der Waals surface area contributed by atoms with Crippen LogP contribution in [0.25, 0.3) is 11.4 Å². The summed E-state index contributed by atoms with van der Waals surface area (Å²) in [5, 5.41) is 8.56. The Kier molecular flexibility index (Phi) is 4.97. The molecule has 1 aliphatic heterocycles. The quantitative estimate of drug-likeness (QED) is 0.626. The molecule has 29 heavy (non-hydrogen) atoms. The lowest BCUT2D eigenvalue weighted by Gasteiger charge is -2.15. The highest BCUT2D eigenvalue weighted by Crippen LogP contribution is 2.30. The first-order valence-electron chi connectivity index (χ1n) is 9.43. The molecule has 0 radical (unpaired) electrons. The molecule has 1 fully saturated rings. The van der Waals surface area contributed by atoms with E-state index in [-0.39, 0.29) is 23.5 Å². The predicted octanol–water partition coefficient (Wildman–Crippen LogP) is 2.79. The molecule has 0 amide bonds. The van der Waals surface area contributed by atoms with E-state index >= 15 is 0 Å². The minimum Gasteiger partial charge on any atom is -0.361 e. The van der Waals surface area contributed by atoms with Crippen molar-refractivity contribution in [3.63, 3.8) is 0 Å². The van der Waals surface area contributed by atoms with Gasteiger partial charge < -0.3 is 4.52 Å². The molecule has 0 saturated carbocycles. The molecule has 0 aliphatic carbocycles. The average molecular weight is 419 g/mol. The first-order chi connectivity index (χ1) is 13.7. The van der Waals surface area contributed by atoms with Gasteiger partial charge in [-0.2, -0.15) is 5.10 Å². The first-order valence-corrected chi connectivity index (χ1v) is 11.2. The zero-order valence-electron chi connectivity index (χ0n) is 16.5. The van der Waals surface area contributed by atoms with Crippen LogP contribution in [-0.2, 0) is 16.3 Å². The Morgan fingerprint density at radius 1 is 1.34 bits per heavy atom. The number of hydrogen-bond acceptors (Lipinski definition) is 7. The van der Waals surface area contributed by atoms with Crippen molar-refractivity contribution in [3.8, 4) is 11.4 Å². The zero-order chi connectivity index (χ0) is 20.8. The third-order valence-corrected chi connectivity index (χ3v) is 7.04. The summed E-state index contributed by atoms with van der Waals surface area (Å²) in [4.78, 5) is 8.49. The predicted molar refractivity (Wildman–Crippen MR) is 104 cm³/mol. The maximum atomic E-state index is 13.6. The minimum atomic E-state index is -3.09. The second kappa shape index (κ2) is 7.33. The van der Waals surface area contributed by atoms with Gasteiger partial charge in [-0.15, -0.1) is 0 Å². The number of nitrogens with zero attached hydrogens (tertiary/aromatic N) is 5. The molecule has 8 nitrogen and oxygen atoms in total. The molecule has 4 rings (SSSR count). The Balaban J connectivity index is 1.73. The maximum Gasteiger partial charge on any atom is 0.183 e. The number of halogens is 1. The molecule has 2 atom stereocenters. The monoisotopic (exact) mass is 419 g/mol. The molecule has 3 aromatic heterocycles. The van der Waals surface area contributed by atoms with E-state index in [1.165, 1.54) is 12.3 Å². The molecule has 0 bridgehead atoms. The lowest BCUT2D eigenvalue weighted by Crippen LogP contribution is -2.17.